The molecule has 5 atom stereocenters. The van der Waals surface area contributed by atoms with E-state index < -0.39 is 30.6 Å². The first-order chi connectivity index (χ1) is 10.6. The van der Waals surface area contributed by atoms with Gasteiger partial charge in [0.2, 0.25) is 0 Å². The van der Waals surface area contributed by atoms with Crippen LogP contribution in [0.5, 0.6) is 0 Å². The first-order valence-electron chi connectivity index (χ1n) is 8.25. The van der Waals surface area contributed by atoms with Crippen molar-refractivity contribution in [2.45, 2.75) is 76.0 Å². The van der Waals surface area contributed by atoms with Gasteiger partial charge >= 0.3 is 0 Å². The molecule has 0 amide bonds. The molecule has 7 heteroatoms. The van der Waals surface area contributed by atoms with Crippen LogP contribution in [-0.2, 0) is 4.74 Å². The van der Waals surface area contributed by atoms with Gasteiger partial charge in [0.25, 0.3) is 6.02 Å². The molecule has 0 aromatic heterocycles. The number of ether oxygens (including phenoxy) is 1. The van der Waals surface area contributed by atoms with Gasteiger partial charge in [-0.15, -0.1) is 0 Å². The number of aliphatic hydroxyl groups excluding tert-OH is 4. The van der Waals surface area contributed by atoms with Gasteiger partial charge in [-0.1, -0.05) is 39.0 Å². The van der Waals surface area contributed by atoms with Crippen molar-refractivity contribution >= 4 is 6.02 Å². The lowest BCUT2D eigenvalue weighted by atomic mass is 9.94. The number of hydrogen-bond donors (Lipinski definition) is 4. The minimum atomic E-state index is -1.44. The molecule has 7 nitrogen and oxygen atoms in total. The van der Waals surface area contributed by atoms with Crippen LogP contribution in [0.3, 0.4) is 0 Å². The van der Waals surface area contributed by atoms with Crippen LogP contribution in [0.25, 0.3) is 0 Å². The number of aliphatic hydroxyl groups is 4. The molecule has 2 saturated heterocycles. The highest BCUT2D eigenvalue weighted by Crippen LogP contribution is 2.28. The maximum atomic E-state index is 10.1. The van der Waals surface area contributed by atoms with Crippen molar-refractivity contribution in [3.63, 3.8) is 0 Å². The minimum Gasteiger partial charge on any atom is -0.463 e. The van der Waals surface area contributed by atoms with Crippen LogP contribution in [0.1, 0.15) is 45.4 Å². The van der Waals surface area contributed by atoms with Gasteiger partial charge in [0, 0.05) is 6.54 Å². The van der Waals surface area contributed by atoms with Crippen molar-refractivity contribution in [2.24, 2.45) is 4.99 Å². The summed E-state index contributed by atoms with van der Waals surface area (Å²) in [4.78, 5) is 5.70. The number of unbranched alkanes of at least 4 members (excludes halogenated alkanes) is 5. The molecule has 2 aliphatic heterocycles. The number of piperidine rings is 1. The molecule has 0 aromatic rings. The fourth-order valence-corrected chi connectivity index (χ4v) is 2.99. The molecular formula is C15H28N2O5. The minimum absolute atomic E-state index is 0.150. The lowest BCUT2D eigenvalue weighted by Gasteiger charge is -2.42. The summed E-state index contributed by atoms with van der Waals surface area (Å²) in [5, 5.41) is 39.4. The van der Waals surface area contributed by atoms with Gasteiger partial charge in [-0.3, -0.25) is 4.90 Å². The van der Waals surface area contributed by atoms with E-state index in [0.717, 1.165) is 12.8 Å². The quantitative estimate of drug-likeness (QED) is 0.486. The Morgan fingerprint density at radius 3 is 2.41 bits per heavy atom. The number of fused-ring (bicyclic) bond motifs is 1. The SMILES string of the molecule is CCCCCCCCN=C1OC[C@@H]2[C@H](O)[C@H](O)[C@@H](O)[C@@H](O)N12. The van der Waals surface area contributed by atoms with Gasteiger partial charge in [0.1, 0.15) is 24.9 Å². The Hall–Kier alpha value is -0.890. The predicted molar refractivity (Wildman–Crippen MR) is 81.3 cm³/mol. The number of aliphatic imine (C=N–C) groups is 1. The van der Waals surface area contributed by atoms with Gasteiger partial charge < -0.3 is 25.2 Å². The van der Waals surface area contributed by atoms with E-state index in [1.54, 1.807) is 0 Å². The maximum Gasteiger partial charge on any atom is 0.290 e. The van der Waals surface area contributed by atoms with Crippen molar-refractivity contribution < 1.29 is 25.2 Å². The highest BCUT2D eigenvalue weighted by molar-refractivity contribution is 5.76. The van der Waals surface area contributed by atoms with Crippen molar-refractivity contribution in [3.8, 4) is 0 Å². The molecule has 2 rings (SSSR count). The van der Waals surface area contributed by atoms with Crippen LogP contribution in [0.2, 0.25) is 0 Å². The molecule has 0 spiro atoms. The zero-order valence-electron chi connectivity index (χ0n) is 13.1. The normalized spacial score (nSPS) is 36.5. The van der Waals surface area contributed by atoms with Gasteiger partial charge in [-0.2, -0.15) is 0 Å². The van der Waals surface area contributed by atoms with Crippen LogP contribution < -0.4 is 0 Å². The molecule has 0 radical (unpaired) electrons. The van der Waals surface area contributed by atoms with Gasteiger partial charge in [0.15, 0.2) is 6.23 Å². The first kappa shape index (κ1) is 17.5. The Balaban J connectivity index is 1.84. The second kappa shape index (κ2) is 8.10. The van der Waals surface area contributed by atoms with Crippen LogP contribution in [0.15, 0.2) is 4.99 Å². The van der Waals surface area contributed by atoms with Gasteiger partial charge in [-0.05, 0) is 6.42 Å². The molecule has 2 aliphatic rings. The van der Waals surface area contributed by atoms with Gasteiger partial charge in [-0.25, -0.2) is 4.99 Å². The third-order valence-electron chi connectivity index (χ3n) is 4.40. The molecule has 0 aliphatic carbocycles. The molecule has 22 heavy (non-hydrogen) atoms. The van der Waals surface area contributed by atoms with Crippen molar-refractivity contribution in [1.29, 1.82) is 0 Å². The topological polar surface area (TPSA) is 106 Å². The summed E-state index contributed by atoms with van der Waals surface area (Å²) in [5.74, 6) is 0. The van der Waals surface area contributed by atoms with Crippen molar-refractivity contribution in [3.05, 3.63) is 0 Å². The Bertz CT molecular complexity index is 379. The van der Waals surface area contributed by atoms with E-state index in [1.165, 1.54) is 30.6 Å². The predicted octanol–water partition coefficient (Wildman–Crippen LogP) is -0.182. The van der Waals surface area contributed by atoms with E-state index in [2.05, 4.69) is 11.9 Å². The fourth-order valence-electron chi connectivity index (χ4n) is 2.99. The van der Waals surface area contributed by atoms with E-state index >= 15 is 0 Å². The second-order valence-corrected chi connectivity index (χ2v) is 6.10. The highest BCUT2D eigenvalue weighted by Gasteiger charge is 2.52. The van der Waals surface area contributed by atoms with Crippen LogP contribution in [-0.4, -0.2) is 75.1 Å². The standard InChI is InChI=1S/C15H28N2O5/c1-2-3-4-5-6-7-8-16-15-17-10(9-22-15)11(18)12(19)13(20)14(17)21/h10-14,18-21H,2-9H2,1H3/t10-,11+,12+,13-,14-/m1/s1. The fraction of sp³-hybridized carbons (Fsp3) is 0.933. The Morgan fingerprint density at radius 2 is 1.68 bits per heavy atom. The first-order valence-corrected chi connectivity index (χ1v) is 8.25. The largest absolute Gasteiger partial charge is 0.463 e. The molecule has 0 aromatic carbocycles. The Morgan fingerprint density at radius 1 is 1.00 bits per heavy atom. The third kappa shape index (κ3) is 3.71. The second-order valence-electron chi connectivity index (χ2n) is 6.10. The third-order valence-corrected chi connectivity index (χ3v) is 4.40. The summed E-state index contributed by atoms with van der Waals surface area (Å²) in [6.07, 6.45) is 1.67. The van der Waals surface area contributed by atoms with Crippen LogP contribution >= 0.6 is 0 Å². The molecule has 0 unspecified atom stereocenters. The van der Waals surface area contributed by atoms with Gasteiger partial charge in [0.05, 0.1) is 6.04 Å². The average molecular weight is 316 g/mol. The number of hydrogen-bond acceptors (Lipinski definition) is 6. The molecule has 4 N–H and O–H groups in total. The molecular weight excluding hydrogens is 288 g/mol. The van der Waals surface area contributed by atoms with Crippen LogP contribution in [0.4, 0.5) is 0 Å². The van der Waals surface area contributed by atoms with Crippen LogP contribution in [0, 0.1) is 0 Å². The van der Waals surface area contributed by atoms with E-state index in [0.29, 0.717) is 6.54 Å². The summed E-state index contributed by atoms with van der Waals surface area (Å²) < 4.78 is 5.42. The molecule has 0 saturated carbocycles. The average Bonchev–Trinajstić information content (AvgIpc) is 2.94. The number of nitrogens with zero attached hydrogens (tertiary/aromatic N) is 2. The summed E-state index contributed by atoms with van der Waals surface area (Å²) in [6.45, 7) is 2.92. The van der Waals surface area contributed by atoms with E-state index in [4.69, 9.17) is 4.74 Å². The Kier molecular flexibility index (Phi) is 6.43. The summed E-state index contributed by atoms with van der Waals surface area (Å²) in [6, 6.07) is -0.326. The maximum absolute atomic E-state index is 10.1. The summed E-state index contributed by atoms with van der Waals surface area (Å²) in [7, 11) is 0. The Labute approximate surface area is 131 Å². The molecule has 0 bridgehead atoms. The zero-order chi connectivity index (χ0) is 16.1. The summed E-state index contributed by atoms with van der Waals surface area (Å²) >= 11 is 0. The summed E-state index contributed by atoms with van der Waals surface area (Å²) in [5.41, 5.74) is 0. The lowest BCUT2D eigenvalue weighted by Crippen LogP contribution is -2.65. The number of rotatable bonds is 7. The molecule has 128 valence electrons. The zero-order valence-corrected chi connectivity index (χ0v) is 13.1. The number of amidine groups is 1. The molecule has 2 fully saturated rings. The lowest BCUT2D eigenvalue weighted by molar-refractivity contribution is -0.190. The van der Waals surface area contributed by atoms with E-state index in [9.17, 15) is 20.4 Å². The van der Waals surface area contributed by atoms with Crippen molar-refractivity contribution in [1.82, 2.24) is 4.90 Å². The van der Waals surface area contributed by atoms with E-state index in [1.807, 2.05) is 0 Å². The highest BCUT2D eigenvalue weighted by atomic mass is 16.5. The smallest absolute Gasteiger partial charge is 0.290 e. The van der Waals surface area contributed by atoms with Crippen molar-refractivity contribution in [2.75, 3.05) is 13.2 Å². The monoisotopic (exact) mass is 316 g/mol. The molecule has 2 heterocycles. The van der Waals surface area contributed by atoms with E-state index in [-0.39, 0.29) is 12.6 Å².